The van der Waals surface area contributed by atoms with E-state index in [1.165, 1.54) is 0 Å². The summed E-state index contributed by atoms with van der Waals surface area (Å²) in [6.45, 7) is 8.26. The standard InChI is InChI=1S/C19H23N9O/c1-11-10-29-8-7-27(11)16-9-14(17-13(3)22-25-26(17)4)18-12(2)21-19(28(18)24-16)15-5-6-20-23-15/h5-6,9,11H,7-8,10H2,1-4H3,(H,20,23)/t11-/m1/s1. The molecule has 1 aliphatic heterocycles. The second-order valence-electron chi connectivity index (χ2n) is 7.43. The molecule has 0 spiro atoms. The van der Waals surface area contributed by atoms with Crippen molar-refractivity contribution in [2.45, 2.75) is 26.8 Å². The van der Waals surface area contributed by atoms with Gasteiger partial charge in [-0.15, -0.1) is 10.2 Å². The summed E-state index contributed by atoms with van der Waals surface area (Å²) in [4.78, 5) is 7.08. The Morgan fingerprint density at radius 1 is 1.24 bits per heavy atom. The molecule has 5 heterocycles. The van der Waals surface area contributed by atoms with E-state index in [1.807, 2.05) is 31.5 Å². The van der Waals surface area contributed by atoms with Gasteiger partial charge in [-0.3, -0.25) is 5.10 Å². The zero-order valence-electron chi connectivity index (χ0n) is 16.9. The first-order valence-corrected chi connectivity index (χ1v) is 9.65. The number of hydrogen-bond donors (Lipinski definition) is 1. The molecule has 4 aromatic heterocycles. The minimum absolute atomic E-state index is 0.229. The Morgan fingerprint density at radius 2 is 2.10 bits per heavy atom. The van der Waals surface area contributed by atoms with Gasteiger partial charge in [0.1, 0.15) is 5.69 Å². The van der Waals surface area contributed by atoms with Crippen LogP contribution in [0.15, 0.2) is 18.3 Å². The highest BCUT2D eigenvalue weighted by Crippen LogP contribution is 2.34. The molecule has 29 heavy (non-hydrogen) atoms. The minimum Gasteiger partial charge on any atom is -0.377 e. The van der Waals surface area contributed by atoms with E-state index in [0.717, 1.165) is 52.0 Å². The van der Waals surface area contributed by atoms with Crippen molar-refractivity contribution in [3.05, 3.63) is 29.7 Å². The topological polar surface area (TPSA) is 102 Å². The molecule has 0 amide bonds. The molecule has 0 bridgehead atoms. The number of imidazole rings is 1. The summed E-state index contributed by atoms with van der Waals surface area (Å²) in [6, 6.07) is 4.25. The fourth-order valence-electron chi connectivity index (χ4n) is 4.03. The van der Waals surface area contributed by atoms with Gasteiger partial charge in [0.05, 0.1) is 41.9 Å². The van der Waals surface area contributed by atoms with Gasteiger partial charge in [0.25, 0.3) is 0 Å². The number of anilines is 1. The molecule has 0 saturated carbocycles. The van der Waals surface area contributed by atoms with Crippen molar-refractivity contribution in [2.24, 2.45) is 7.05 Å². The molecular weight excluding hydrogens is 370 g/mol. The zero-order chi connectivity index (χ0) is 20.1. The van der Waals surface area contributed by atoms with Crippen LogP contribution in [-0.4, -0.2) is 65.6 Å². The molecule has 0 radical (unpaired) electrons. The molecular formula is C19H23N9O. The molecule has 10 heteroatoms. The lowest BCUT2D eigenvalue weighted by molar-refractivity contribution is 0.0984. The van der Waals surface area contributed by atoms with E-state index in [2.05, 4.69) is 38.4 Å². The number of ether oxygens (including phenoxy) is 1. The summed E-state index contributed by atoms with van der Waals surface area (Å²) < 4.78 is 9.33. The van der Waals surface area contributed by atoms with Gasteiger partial charge in [0, 0.05) is 25.4 Å². The largest absolute Gasteiger partial charge is 0.377 e. The lowest BCUT2D eigenvalue weighted by atomic mass is 10.1. The first-order chi connectivity index (χ1) is 14.0. The molecule has 10 nitrogen and oxygen atoms in total. The molecule has 0 aliphatic carbocycles. The molecule has 5 rings (SSSR count). The predicted octanol–water partition coefficient (Wildman–Crippen LogP) is 1.76. The third-order valence-corrected chi connectivity index (χ3v) is 5.41. The monoisotopic (exact) mass is 393 g/mol. The van der Waals surface area contributed by atoms with Crippen molar-refractivity contribution in [3.63, 3.8) is 0 Å². The van der Waals surface area contributed by atoms with Crippen LogP contribution in [0, 0.1) is 13.8 Å². The van der Waals surface area contributed by atoms with E-state index in [0.29, 0.717) is 13.2 Å². The number of nitrogens with one attached hydrogen (secondary N) is 1. The van der Waals surface area contributed by atoms with Crippen molar-refractivity contribution in [3.8, 4) is 22.8 Å². The predicted molar refractivity (Wildman–Crippen MR) is 108 cm³/mol. The number of rotatable bonds is 3. The number of aromatic nitrogens is 8. The number of morpholine rings is 1. The number of fused-ring (bicyclic) bond motifs is 1. The quantitative estimate of drug-likeness (QED) is 0.566. The van der Waals surface area contributed by atoms with Crippen LogP contribution in [0.25, 0.3) is 28.3 Å². The minimum atomic E-state index is 0.229. The van der Waals surface area contributed by atoms with Gasteiger partial charge in [0.15, 0.2) is 11.6 Å². The first-order valence-electron chi connectivity index (χ1n) is 9.65. The van der Waals surface area contributed by atoms with Gasteiger partial charge < -0.3 is 9.64 Å². The molecule has 1 atom stereocenters. The molecule has 1 N–H and O–H groups in total. The summed E-state index contributed by atoms with van der Waals surface area (Å²) in [7, 11) is 1.91. The summed E-state index contributed by atoms with van der Waals surface area (Å²) in [5.74, 6) is 1.61. The van der Waals surface area contributed by atoms with Gasteiger partial charge in [0.2, 0.25) is 0 Å². The normalized spacial score (nSPS) is 17.4. The van der Waals surface area contributed by atoms with Crippen LogP contribution in [0.3, 0.4) is 0 Å². The maximum absolute atomic E-state index is 5.62. The Bertz CT molecular complexity index is 1150. The van der Waals surface area contributed by atoms with Crippen molar-refractivity contribution in [1.82, 2.24) is 39.8 Å². The number of hydrogen-bond acceptors (Lipinski definition) is 7. The van der Waals surface area contributed by atoms with Crippen LogP contribution in [0.2, 0.25) is 0 Å². The second kappa shape index (κ2) is 6.66. The highest BCUT2D eigenvalue weighted by atomic mass is 16.5. The van der Waals surface area contributed by atoms with Crippen LogP contribution in [0.5, 0.6) is 0 Å². The highest BCUT2D eigenvalue weighted by Gasteiger charge is 2.26. The van der Waals surface area contributed by atoms with Gasteiger partial charge in [-0.1, -0.05) is 5.21 Å². The number of H-pyrrole nitrogens is 1. The molecule has 1 saturated heterocycles. The summed E-state index contributed by atoms with van der Waals surface area (Å²) in [5.41, 5.74) is 5.48. The van der Waals surface area contributed by atoms with Crippen molar-refractivity contribution in [1.29, 1.82) is 0 Å². The molecule has 0 aromatic carbocycles. The molecule has 0 unspecified atom stereocenters. The van der Waals surface area contributed by atoms with E-state index < -0.39 is 0 Å². The summed E-state index contributed by atoms with van der Waals surface area (Å²) in [5, 5.41) is 20.5. The van der Waals surface area contributed by atoms with Crippen molar-refractivity contribution in [2.75, 3.05) is 24.7 Å². The Hall–Kier alpha value is -3.27. The average molecular weight is 393 g/mol. The first kappa shape index (κ1) is 17.8. The number of nitrogens with zero attached hydrogens (tertiary/aromatic N) is 8. The third-order valence-electron chi connectivity index (χ3n) is 5.41. The molecule has 1 fully saturated rings. The Kier molecular flexibility index (Phi) is 4.09. The number of aryl methyl sites for hydroxylation is 3. The summed E-state index contributed by atoms with van der Waals surface area (Å²) in [6.07, 6.45) is 1.72. The van der Waals surface area contributed by atoms with Gasteiger partial charge in [-0.25, -0.2) is 14.2 Å². The highest BCUT2D eigenvalue weighted by molar-refractivity contribution is 5.84. The van der Waals surface area contributed by atoms with E-state index >= 15 is 0 Å². The lowest BCUT2D eigenvalue weighted by Crippen LogP contribution is -2.44. The van der Waals surface area contributed by atoms with Gasteiger partial charge in [-0.05, 0) is 32.9 Å². The average Bonchev–Trinajstić information content (AvgIpc) is 3.42. The molecule has 150 valence electrons. The van der Waals surface area contributed by atoms with E-state index in [4.69, 9.17) is 14.8 Å². The van der Waals surface area contributed by atoms with E-state index in [1.54, 1.807) is 10.9 Å². The van der Waals surface area contributed by atoms with E-state index in [9.17, 15) is 0 Å². The zero-order valence-corrected chi connectivity index (χ0v) is 16.9. The van der Waals surface area contributed by atoms with Crippen LogP contribution in [0.4, 0.5) is 5.82 Å². The van der Waals surface area contributed by atoms with Crippen LogP contribution in [-0.2, 0) is 11.8 Å². The second-order valence-corrected chi connectivity index (χ2v) is 7.43. The Balaban J connectivity index is 1.82. The Morgan fingerprint density at radius 3 is 2.79 bits per heavy atom. The maximum atomic E-state index is 5.62. The van der Waals surface area contributed by atoms with Crippen molar-refractivity contribution < 1.29 is 4.74 Å². The van der Waals surface area contributed by atoms with Crippen LogP contribution in [0.1, 0.15) is 18.3 Å². The van der Waals surface area contributed by atoms with Gasteiger partial charge in [-0.2, -0.15) is 5.10 Å². The smallest absolute Gasteiger partial charge is 0.179 e. The van der Waals surface area contributed by atoms with E-state index in [-0.39, 0.29) is 6.04 Å². The lowest BCUT2D eigenvalue weighted by Gasteiger charge is -2.34. The SMILES string of the molecule is Cc1nnn(C)c1-c1cc(N2CCOC[C@H]2C)nn2c(-c3ccn[nH]3)nc(C)c12. The molecule has 1 aliphatic rings. The fraction of sp³-hybridized carbons (Fsp3) is 0.421. The fourth-order valence-corrected chi connectivity index (χ4v) is 4.03. The maximum Gasteiger partial charge on any atom is 0.179 e. The number of aromatic amines is 1. The van der Waals surface area contributed by atoms with Crippen molar-refractivity contribution >= 4 is 11.3 Å². The van der Waals surface area contributed by atoms with Crippen LogP contribution >= 0.6 is 0 Å². The summed E-state index contributed by atoms with van der Waals surface area (Å²) >= 11 is 0. The van der Waals surface area contributed by atoms with Crippen LogP contribution < -0.4 is 4.90 Å². The van der Waals surface area contributed by atoms with Gasteiger partial charge >= 0.3 is 0 Å². The molecule has 4 aromatic rings. The third kappa shape index (κ3) is 2.79. The Labute approximate surface area is 167 Å².